The molecule has 0 saturated carbocycles. The number of hydrogen-bond donors (Lipinski definition) is 1. The molecule has 2 amide bonds. The summed E-state index contributed by atoms with van der Waals surface area (Å²) in [4.78, 5) is 30.8. The maximum absolute atomic E-state index is 12.6. The first-order chi connectivity index (χ1) is 11.7. The van der Waals surface area contributed by atoms with Crippen molar-refractivity contribution in [3.63, 3.8) is 0 Å². The number of nitrogens with zero attached hydrogens (tertiary/aromatic N) is 2. The summed E-state index contributed by atoms with van der Waals surface area (Å²) in [7, 11) is 0. The Hall–Kier alpha value is -1.95. The quantitative estimate of drug-likeness (QED) is 0.881. The molecule has 0 unspecified atom stereocenters. The monoisotopic (exact) mass is 329 g/mol. The second-order valence-electron chi connectivity index (χ2n) is 7.13. The van der Waals surface area contributed by atoms with Crippen LogP contribution in [0.3, 0.4) is 0 Å². The number of rotatable bonds is 2. The molecule has 1 aromatic heterocycles. The number of piperidine rings is 1. The SMILES string of the molecule is O=C1C[C@H](c2cccnc2)C2(CCN(C(=O)[C@H]3CCOC3)CC2)N1. The number of ether oxygens (including phenoxy) is 1. The summed E-state index contributed by atoms with van der Waals surface area (Å²) in [5.74, 6) is 0.481. The van der Waals surface area contributed by atoms with Gasteiger partial charge in [-0.25, -0.2) is 0 Å². The van der Waals surface area contributed by atoms with Crippen molar-refractivity contribution in [3.05, 3.63) is 30.1 Å². The summed E-state index contributed by atoms with van der Waals surface area (Å²) < 4.78 is 5.34. The Morgan fingerprint density at radius 3 is 2.88 bits per heavy atom. The summed E-state index contributed by atoms with van der Waals surface area (Å²) in [5, 5.41) is 3.22. The lowest BCUT2D eigenvalue weighted by Crippen LogP contribution is -2.55. The van der Waals surface area contributed by atoms with E-state index >= 15 is 0 Å². The van der Waals surface area contributed by atoms with Crippen LogP contribution in [0.25, 0.3) is 0 Å². The maximum Gasteiger partial charge on any atom is 0.228 e. The number of carbonyl (C=O) groups excluding carboxylic acids is 2. The fourth-order valence-electron chi connectivity index (χ4n) is 4.40. The van der Waals surface area contributed by atoms with E-state index in [2.05, 4.69) is 10.3 Å². The van der Waals surface area contributed by atoms with E-state index in [1.807, 2.05) is 23.2 Å². The number of aromatic nitrogens is 1. The number of likely N-dealkylation sites (tertiary alicyclic amines) is 1. The third-order valence-corrected chi connectivity index (χ3v) is 5.78. The first kappa shape index (κ1) is 15.6. The van der Waals surface area contributed by atoms with Gasteiger partial charge in [0.05, 0.1) is 18.1 Å². The number of amides is 2. The minimum atomic E-state index is -0.233. The maximum atomic E-state index is 12.6. The number of pyridine rings is 1. The average Bonchev–Trinajstić information content (AvgIpc) is 3.24. The van der Waals surface area contributed by atoms with Crippen molar-refractivity contribution < 1.29 is 14.3 Å². The molecule has 0 aromatic carbocycles. The largest absolute Gasteiger partial charge is 0.381 e. The van der Waals surface area contributed by atoms with Crippen LogP contribution in [0.5, 0.6) is 0 Å². The highest BCUT2D eigenvalue weighted by Gasteiger charge is 2.49. The molecule has 4 rings (SSSR count). The topological polar surface area (TPSA) is 71.5 Å². The Kier molecular flexibility index (Phi) is 4.00. The lowest BCUT2D eigenvalue weighted by atomic mass is 9.74. The van der Waals surface area contributed by atoms with E-state index in [1.165, 1.54) is 0 Å². The van der Waals surface area contributed by atoms with Gasteiger partial charge in [0.25, 0.3) is 0 Å². The molecule has 0 aliphatic carbocycles. The van der Waals surface area contributed by atoms with Crippen molar-refractivity contribution in [1.82, 2.24) is 15.2 Å². The van der Waals surface area contributed by atoms with Crippen LogP contribution in [0.15, 0.2) is 24.5 Å². The molecule has 128 valence electrons. The molecule has 6 nitrogen and oxygen atoms in total. The molecule has 1 N–H and O–H groups in total. The first-order valence-electron chi connectivity index (χ1n) is 8.75. The van der Waals surface area contributed by atoms with Gasteiger partial charge in [-0.05, 0) is 30.9 Å². The normalized spacial score (nSPS) is 29.0. The van der Waals surface area contributed by atoms with Crippen molar-refractivity contribution in [3.8, 4) is 0 Å². The fourth-order valence-corrected chi connectivity index (χ4v) is 4.40. The molecule has 0 bridgehead atoms. The molecule has 4 heterocycles. The van der Waals surface area contributed by atoms with Crippen molar-refractivity contribution in [2.24, 2.45) is 5.92 Å². The Bertz CT molecular complexity index is 620. The summed E-state index contributed by atoms with van der Waals surface area (Å²) in [6, 6.07) is 3.97. The van der Waals surface area contributed by atoms with E-state index < -0.39 is 0 Å². The Morgan fingerprint density at radius 2 is 2.21 bits per heavy atom. The van der Waals surface area contributed by atoms with Gasteiger partial charge in [-0.1, -0.05) is 6.07 Å². The number of carbonyl (C=O) groups is 2. The third-order valence-electron chi connectivity index (χ3n) is 5.78. The molecule has 1 aromatic rings. The second kappa shape index (κ2) is 6.16. The predicted molar refractivity (Wildman–Crippen MR) is 87.2 cm³/mol. The van der Waals surface area contributed by atoms with Gasteiger partial charge >= 0.3 is 0 Å². The molecule has 24 heavy (non-hydrogen) atoms. The minimum Gasteiger partial charge on any atom is -0.381 e. The number of nitrogens with one attached hydrogen (secondary N) is 1. The fraction of sp³-hybridized carbons (Fsp3) is 0.611. The molecule has 3 fully saturated rings. The second-order valence-corrected chi connectivity index (χ2v) is 7.13. The highest BCUT2D eigenvalue weighted by molar-refractivity contribution is 5.82. The van der Waals surface area contributed by atoms with Gasteiger partial charge in [-0.15, -0.1) is 0 Å². The van der Waals surface area contributed by atoms with Crippen LogP contribution < -0.4 is 5.32 Å². The summed E-state index contributed by atoms with van der Waals surface area (Å²) in [5.41, 5.74) is 0.878. The van der Waals surface area contributed by atoms with Crippen LogP contribution in [0, 0.1) is 5.92 Å². The van der Waals surface area contributed by atoms with Gasteiger partial charge in [0.2, 0.25) is 11.8 Å². The third kappa shape index (κ3) is 2.69. The summed E-state index contributed by atoms with van der Waals surface area (Å²) >= 11 is 0. The van der Waals surface area contributed by atoms with Gasteiger partial charge in [0.1, 0.15) is 0 Å². The van der Waals surface area contributed by atoms with Crippen LogP contribution in [0.1, 0.15) is 37.2 Å². The van der Waals surface area contributed by atoms with E-state index in [0.717, 1.165) is 24.8 Å². The van der Waals surface area contributed by atoms with E-state index in [1.54, 1.807) is 6.20 Å². The van der Waals surface area contributed by atoms with Gasteiger partial charge in [0.15, 0.2) is 0 Å². The zero-order chi connectivity index (χ0) is 16.6. The molecule has 3 aliphatic heterocycles. The Labute approximate surface area is 141 Å². The Morgan fingerprint density at radius 1 is 1.38 bits per heavy atom. The van der Waals surface area contributed by atoms with Gasteiger partial charge in [0, 0.05) is 44.4 Å². The predicted octanol–water partition coefficient (Wildman–Crippen LogP) is 1.08. The molecule has 2 atom stereocenters. The summed E-state index contributed by atoms with van der Waals surface area (Å²) in [6.45, 7) is 2.64. The smallest absolute Gasteiger partial charge is 0.228 e. The van der Waals surface area contributed by atoms with E-state index in [4.69, 9.17) is 4.74 Å². The highest BCUT2D eigenvalue weighted by atomic mass is 16.5. The zero-order valence-corrected chi connectivity index (χ0v) is 13.7. The lowest BCUT2D eigenvalue weighted by Gasteiger charge is -2.43. The van der Waals surface area contributed by atoms with Gasteiger partial charge < -0.3 is 15.0 Å². The molecular formula is C18H23N3O3. The first-order valence-corrected chi connectivity index (χ1v) is 8.75. The van der Waals surface area contributed by atoms with Gasteiger partial charge in [-0.3, -0.25) is 14.6 Å². The molecular weight excluding hydrogens is 306 g/mol. The van der Waals surface area contributed by atoms with E-state index in [0.29, 0.717) is 32.7 Å². The van der Waals surface area contributed by atoms with Crippen molar-refractivity contribution in [2.45, 2.75) is 37.1 Å². The average molecular weight is 329 g/mol. The Balaban J connectivity index is 1.48. The molecule has 3 aliphatic rings. The number of hydrogen-bond acceptors (Lipinski definition) is 4. The molecule has 6 heteroatoms. The van der Waals surface area contributed by atoms with Gasteiger partial charge in [-0.2, -0.15) is 0 Å². The van der Waals surface area contributed by atoms with Crippen LogP contribution in [-0.4, -0.2) is 53.5 Å². The van der Waals surface area contributed by atoms with E-state index in [-0.39, 0.29) is 29.2 Å². The standard InChI is InChI=1S/C18H23N3O3/c22-16-10-15(13-2-1-6-19-11-13)18(20-16)4-7-21(8-5-18)17(23)14-3-9-24-12-14/h1-2,6,11,14-15H,3-5,7-10,12H2,(H,20,22)/t14-,15+/m0/s1. The lowest BCUT2D eigenvalue weighted by molar-refractivity contribution is -0.137. The molecule has 0 radical (unpaired) electrons. The van der Waals surface area contributed by atoms with E-state index in [9.17, 15) is 9.59 Å². The van der Waals surface area contributed by atoms with Crippen LogP contribution in [0.2, 0.25) is 0 Å². The van der Waals surface area contributed by atoms with Crippen LogP contribution in [-0.2, 0) is 14.3 Å². The van der Waals surface area contributed by atoms with Crippen LogP contribution >= 0.6 is 0 Å². The highest BCUT2D eigenvalue weighted by Crippen LogP contribution is 2.43. The minimum absolute atomic E-state index is 0.0198. The van der Waals surface area contributed by atoms with Crippen LogP contribution in [0.4, 0.5) is 0 Å². The van der Waals surface area contributed by atoms with Crippen molar-refractivity contribution in [1.29, 1.82) is 0 Å². The van der Waals surface area contributed by atoms with Crippen molar-refractivity contribution in [2.75, 3.05) is 26.3 Å². The molecule has 1 spiro atoms. The molecule has 3 saturated heterocycles. The summed E-state index contributed by atoms with van der Waals surface area (Å²) in [6.07, 6.45) is 6.56. The zero-order valence-electron chi connectivity index (χ0n) is 13.7. The van der Waals surface area contributed by atoms with Crippen molar-refractivity contribution >= 4 is 11.8 Å².